The number of rotatable bonds is 7. The highest BCUT2D eigenvalue weighted by Gasteiger charge is 2.16. The van der Waals surface area contributed by atoms with Crippen LogP contribution in [0.5, 0.6) is 0 Å². The van der Waals surface area contributed by atoms with Crippen LogP contribution in [0, 0.1) is 0 Å². The summed E-state index contributed by atoms with van der Waals surface area (Å²) in [5, 5.41) is 0.605. The average Bonchev–Trinajstić information content (AvgIpc) is 2.36. The van der Waals surface area contributed by atoms with Crippen molar-refractivity contribution >= 4 is 35.0 Å². The number of carbonyl (C=O) groups excluding carboxylic acids is 2. The minimum atomic E-state index is -0.370. The van der Waals surface area contributed by atoms with Crippen molar-refractivity contribution in [3.05, 3.63) is 33.8 Å². The van der Waals surface area contributed by atoms with Crippen molar-refractivity contribution in [2.24, 2.45) is 0 Å². The third-order valence-corrected chi connectivity index (χ3v) is 3.19. The highest BCUT2D eigenvalue weighted by molar-refractivity contribution is 6.39. The van der Waals surface area contributed by atoms with Gasteiger partial charge in [-0.3, -0.25) is 9.59 Å². The Kier molecular flexibility index (Phi) is 6.89. The molecular weight excluding hydrogens is 287 g/mol. The Labute approximate surface area is 122 Å². The topological polar surface area (TPSA) is 43.4 Å². The van der Waals surface area contributed by atoms with Gasteiger partial charge in [-0.15, -0.1) is 0 Å². The van der Waals surface area contributed by atoms with Crippen molar-refractivity contribution in [3.8, 4) is 0 Å². The molecule has 0 unspecified atom stereocenters. The average molecular weight is 303 g/mol. The molecule has 104 valence electrons. The van der Waals surface area contributed by atoms with E-state index in [1.54, 1.807) is 18.2 Å². The van der Waals surface area contributed by atoms with Gasteiger partial charge in [0, 0.05) is 6.42 Å². The van der Waals surface area contributed by atoms with Gasteiger partial charge in [-0.25, -0.2) is 0 Å². The molecule has 0 radical (unpaired) electrons. The lowest BCUT2D eigenvalue weighted by atomic mass is 10.1. The molecule has 0 saturated heterocycles. The molecular formula is C14H16Cl2O3. The van der Waals surface area contributed by atoms with Gasteiger partial charge in [-0.05, 0) is 18.6 Å². The van der Waals surface area contributed by atoms with Gasteiger partial charge >= 0.3 is 5.97 Å². The Morgan fingerprint density at radius 2 is 1.79 bits per heavy atom. The lowest BCUT2D eigenvalue weighted by Gasteiger charge is -2.06. The van der Waals surface area contributed by atoms with Crippen LogP contribution < -0.4 is 0 Å². The van der Waals surface area contributed by atoms with Crippen molar-refractivity contribution in [2.45, 2.75) is 32.6 Å². The third kappa shape index (κ3) is 5.21. The van der Waals surface area contributed by atoms with Crippen LogP contribution in [-0.2, 0) is 9.53 Å². The first-order valence-electron chi connectivity index (χ1n) is 6.19. The standard InChI is InChI=1S/C14H16Cl2O3/c1-2-3-9-19-13(18)8-7-12(17)14-10(15)5-4-6-11(14)16/h4-6H,2-3,7-9H2,1H3. The number of esters is 1. The molecule has 3 nitrogen and oxygen atoms in total. The normalized spacial score (nSPS) is 10.3. The molecule has 0 aliphatic rings. The number of benzene rings is 1. The molecule has 0 aliphatic carbocycles. The maximum Gasteiger partial charge on any atom is 0.306 e. The molecule has 1 rings (SSSR count). The minimum Gasteiger partial charge on any atom is -0.466 e. The van der Waals surface area contributed by atoms with Crippen LogP contribution in [0.3, 0.4) is 0 Å². The van der Waals surface area contributed by atoms with Crippen molar-refractivity contribution < 1.29 is 14.3 Å². The first-order chi connectivity index (χ1) is 9.06. The molecule has 19 heavy (non-hydrogen) atoms. The second kappa shape index (κ2) is 8.18. The van der Waals surface area contributed by atoms with Crippen LogP contribution in [0.15, 0.2) is 18.2 Å². The van der Waals surface area contributed by atoms with E-state index in [9.17, 15) is 9.59 Å². The van der Waals surface area contributed by atoms with E-state index in [1.165, 1.54) is 0 Å². The quantitative estimate of drug-likeness (QED) is 0.428. The number of Topliss-reactive ketones (excluding diaryl/α,β-unsaturated/α-hetero) is 1. The fraction of sp³-hybridized carbons (Fsp3) is 0.429. The predicted octanol–water partition coefficient (Wildman–Crippen LogP) is 4.30. The minimum absolute atomic E-state index is 0.0457. The maximum absolute atomic E-state index is 11.9. The monoisotopic (exact) mass is 302 g/mol. The lowest BCUT2D eigenvalue weighted by Crippen LogP contribution is -2.09. The largest absolute Gasteiger partial charge is 0.466 e. The van der Waals surface area contributed by atoms with E-state index in [2.05, 4.69) is 0 Å². The third-order valence-electron chi connectivity index (χ3n) is 2.56. The molecule has 5 heteroatoms. The fourth-order valence-electron chi connectivity index (χ4n) is 1.51. The van der Waals surface area contributed by atoms with E-state index >= 15 is 0 Å². The van der Waals surface area contributed by atoms with Gasteiger partial charge in [0.15, 0.2) is 5.78 Å². The number of hydrogen-bond acceptors (Lipinski definition) is 3. The number of ketones is 1. The molecule has 0 atom stereocenters. The van der Waals surface area contributed by atoms with Crippen molar-refractivity contribution in [3.63, 3.8) is 0 Å². The summed E-state index contributed by atoms with van der Waals surface area (Å²) in [5.74, 6) is -0.618. The number of halogens is 2. The van der Waals surface area contributed by atoms with Gasteiger partial charge < -0.3 is 4.74 Å². The molecule has 0 bridgehead atoms. The molecule has 0 N–H and O–H groups in total. The summed E-state index contributed by atoms with van der Waals surface area (Å²) >= 11 is 11.8. The summed E-state index contributed by atoms with van der Waals surface area (Å²) in [7, 11) is 0. The number of hydrogen-bond donors (Lipinski definition) is 0. The van der Waals surface area contributed by atoms with Crippen LogP contribution >= 0.6 is 23.2 Å². The zero-order chi connectivity index (χ0) is 14.3. The maximum atomic E-state index is 11.9. The van der Waals surface area contributed by atoms with Gasteiger partial charge in [-0.2, -0.15) is 0 Å². The Morgan fingerprint density at radius 3 is 2.37 bits per heavy atom. The zero-order valence-corrected chi connectivity index (χ0v) is 12.3. The lowest BCUT2D eigenvalue weighted by molar-refractivity contribution is -0.143. The molecule has 0 fully saturated rings. The summed E-state index contributed by atoms with van der Waals surface area (Å²) < 4.78 is 4.97. The van der Waals surface area contributed by atoms with Gasteiger partial charge in [0.05, 0.1) is 28.6 Å². The fourth-order valence-corrected chi connectivity index (χ4v) is 2.12. The molecule has 0 amide bonds. The van der Waals surface area contributed by atoms with E-state index in [1.807, 2.05) is 6.92 Å². The van der Waals surface area contributed by atoms with Gasteiger partial charge in [0.1, 0.15) is 0 Å². The summed E-state index contributed by atoms with van der Waals surface area (Å²) in [6.45, 7) is 2.41. The molecule has 0 spiro atoms. The van der Waals surface area contributed by atoms with Crippen LogP contribution in [0.4, 0.5) is 0 Å². The second-order valence-electron chi connectivity index (χ2n) is 4.09. The summed E-state index contributed by atoms with van der Waals surface area (Å²) in [6.07, 6.45) is 1.88. The highest BCUT2D eigenvalue weighted by atomic mass is 35.5. The number of carbonyl (C=O) groups is 2. The smallest absolute Gasteiger partial charge is 0.306 e. The SMILES string of the molecule is CCCCOC(=O)CCC(=O)c1c(Cl)cccc1Cl. The van der Waals surface area contributed by atoms with Gasteiger partial charge in [-0.1, -0.05) is 42.6 Å². The van der Waals surface area contributed by atoms with Crippen molar-refractivity contribution in [2.75, 3.05) is 6.61 Å². The van der Waals surface area contributed by atoms with Crippen molar-refractivity contribution in [1.82, 2.24) is 0 Å². The molecule has 0 saturated carbocycles. The number of ether oxygens (including phenoxy) is 1. The summed E-state index contributed by atoms with van der Waals surface area (Å²) in [4.78, 5) is 23.3. The Morgan fingerprint density at radius 1 is 1.16 bits per heavy atom. The molecule has 0 aromatic heterocycles. The van der Waals surface area contributed by atoms with Crippen LogP contribution in [0.1, 0.15) is 43.0 Å². The van der Waals surface area contributed by atoms with E-state index in [4.69, 9.17) is 27.9 Å². The second-order valence-corrected chi connectivity index (χ2v) is 4.91. The molecule has 1 aromatic carbocycles. The Balaban J connectivity index is 2.49. The van der Waals surface area contributed by atoms with Gasteiger partial charge in [0.2, 0.25) is 0 Å². The van der Waals surface area contributed by atoms with Crippen LogP contribution in [0.2, 0.25) is 10.0 Å². The van der Waals surface area contributed by atoms with Gasteiger partial charge in [0.25, 0.3) is 0 Å². The van der Waals surface area contributed by atoms with E-state index in [-0.39, 0.29) is 30.2 Å². The first-order valence-corrected chi connectivity index (χ1v) is 6.94. The van der Waals surface area contributed by atoms with Crippen molar-refractivity contribution in [1.29, 1.82) is 0 Å². The van der Waals surface area contributed by atoms with E-state index < -0.39 is 0 Å². The molecule has 0 aliphatic heterocycles. The molecule has 0 heterocycles. The summed E-state index contributed by atoms with van der Waals surface area (Å²) in [5.41, 5.74) is 0.271. The Bertz CT molecular complexity index is 438. The van der Waals surface area contributed by atoms with E-state index in [0.717, 1.165) is 12.8 Å². The summed E-state index contributed by atoms with van der Waals surface area (Å²) in [6, 6.07) is 4.86. The van der Waals surface area contributed by atoms with Crippen LogP contribution in [-0.4, -0.2) is 18.4 Å². The molecule has 1 aromatic rings. The Hall–Kier alpha value is -1.06. The predicted molar refractivity (Wildman–Crippen MR) is 75.9 cm³/mol. The first kappa shape index (κ1) is 16.0. The van der Waals surface area contributed by atoms with Crippen LogP contribution in [0.25, 0.3) is 0 Å². The highest BCUT2D eigenvalue weighted by Crippen LogP contribution is 2.25. The number of unbranched alkanes of at least 4 members (excludes halogenated alkanes) is 1. The zero-order valence-electron chi connectivity index (χ0n) is 10.7. The van der Waals surface area contributed by atoms with E-state index in [0.29, 0.717) is 16.7 Å².